The summed E-state index contributed by atoms with van der Waals surface area (Å²) in [5, 5.41) is 11.6. The molecule has 1 saturated carbocycles. The molecule has 1 fully saturated rings. The molecule has 0 aromatic carbocycles. The standard InChI is InChI=1S/C14H25NO3/c1-14(2,9-8-13(17)18)15-12(16)10-11-6-4-3-5-7-11/h11H,3-10H2,1-2H3,(H,15,16)(H,17,18). The maximum Gasteiger partial charge on any atom is 0.303 e. The highest BCUT2D eigenvalue weighted by molar-refractivity contribution is 5.77. The van der Waals surface area contributed by atoms with Gasteiger partial charge in [0.2, 0.25) is 5.91 Å². The van der Waals surface area contributed by atoms with Crippen LogP contribution in [0.1, 0.15) is 65.2 Å². The molecule has 1 rings (SSSR count). The molecule has 18 heavy (non-hydrogen) atoms. The summed E-state index contributed by atoms with van der Waals surface area (Å²) >= 11 is 0. The predicted molar refractivity (Wildman–Crippen MR) is 70.3 cm³/mol. The number of nitrogens with one attached hydrogen (secondary N) is 1. The van der Waals surface area contributed by atoms with Crippen molar-refractivity contribution in [3.8, 4) is 0 Å². The number of amides is 1. The van der Waals surface area contributed by atoms with Gasteiger partial charge in [-0.2, -0.15) is 0 Å². The molecule has 4 nitrogen and oxygen atoms in total. The Bertz CT molecular complexity index is 293. The van der Waals surface area contributed by atoms with Gasteiger partial charge in [0.1, 0.15) is 0 Å². The minimum absolute atomic E-state index is 0.0669. The topological polar surface area (TPSA) is 66.4 Å². The lowest BCUT2D eigenvalue weighted by atomic mass is 9.86. The maximum absolute atomic E-state index is 11.9. The van der Waals surface area contributed by atoms with Crippen molar-refractivity contribution in [2.24, 2.45) is 5.92 Å². The second-order valence-corrected chi connectivity index (χ2v) is 6.03. The summed E-state index contributed by atoms with van der Waals surface area (Å²) < 4.78 is 0. The van der Waals surface area contributed by atoms with E-state index in [-0.39, 0.29) is 12.3 Å². The first-order valence-electron chi connectivity index (χ1n) is 6.92. The Hall–Kier alpha value is -1.06. The largest absolute Gasteiger partial charge is 0.481 e. The SMILES string of the molecule is CC(C)(CCC(=O)O)NC(=O)CC1CCCCC1. The summed E-state index contributed by atoms with van der Waals surface area (Å²) in [4.78, 5) is 22.4. The van der Waals surface area contributed by atoms with Crippen molar-refractivity contribution in [3.63, 3.8) is 0 Å². The molecule has 104 valence electrons. The van der Waals surface area contributed by atoms with Gasteiger partial charge in [0, 0.05) is 18.4 Å². The van der Waals surface area contributed by atoms with Crippen LogP contribution in [0.15, 0.2) is 0 Å². The highest BCUT2D eigenvalue weighted by Crippen LogP contribution is 2.26. The van der Waals surface area contributed by atoms with E-state index in [0.717, 1.165) is 12.8 Å². The van der Waals surface area contributed by atoms with Gasteiger partial charge in [0.05, 0.1) is 0 Å². The average molecular weight is 255 g/mol. The molecule has 0 radical (unpaired) electrons. The first-order chi connectivity index (χ1) is 8.39. The predicted octanol–water partition coefficient (Wildman–Crippen LogP) is 2.72. The fourth-order valence-electron chi connectivity index (χ4n) is 2.56. The van der Waals surface area contributed by atoms with Gasteiger partial charge in [0.25, 0.3) is 0 Å². The van der Waals surface area contributed by atoms with Gasteiger partial charge in [-0.3, -0.25) is 9.59 Å². The molecule has 0 heterocycles. The Labute approximate surface area is 109 Å². The van der Waals surface area contributed by atoms with Crippen LogP contribution in [0, 0.1) is 5.92 Å². The smallest absolute Gasteiger partial charge is 0.303 e. The Balaban J connectivity index is 2.30. The fraction of sp³-hybridized carbons (Fsp3) is 0.857. The lowest BCUT2D eigenvalue weighted by Crippen LogP contribution is -2.44. The lowest BCUT2D eigenvalue weighted by Gasteiger charge is -2.28. The van der Waals surface area contributed by atoms with E-state index in [1.165, 1.54) is 19.3 Å². The van der Waals surface area contributed by atoms with Gasteiger partial charge in [-0.05, 0) is 39.0 Å². The van der Waals surface area contributed by atoms with Crippen LogP contribution in [0.25, 0.3) is 0 Å². The van der Waals surface area contributed by atoms with Crippen molar-refractivity contribution in [2.45, 2.75) is 70.8 Å². The van der Waals surface area contributed by atoms with Crippen LogP contribution in [0.3, 0.4) is 0 Å². The monoisotopic (exact) mass is 255 g/mol. The second kappa shape index (κ2) is 6.76. The van der Waals surface area contributed by atoms with Crippen molar-refractivity contribution in [2.75, 3.05) is 0 Å². The highest BCUT2D eigenvalue weighted by Gasteiger charge is 2.23. The third kappa shape index (κ3) is 6.03. The molecule has 0 aromatic rings. The Morgan fingerprint density at radius 3 is 2.39 bits per heavy atom. The summed E-state index contributed by atoms with van der Waals surface area (Å²) in [6.07, 6.45) is 7.24. The molecule has 0 unspecified atom stereocenters. The lowest BCUT2D eigenvalue weighted by molar-refractivity contribution is -0.138. The molecule has 0 aromatic heterocycles. The van der Waals surface area contributed by atoms with E-state index in [0.29, 0.717) is 18.8 Å². The zero-order valence-electron chi connectivity index (χ0n) is 11.5. The normalized spacial score (nSPS) is 17.4. The van der Waals surface area contributed by atoms with Gasteiger partial charge in [-0.15, -0.1) is 0 Å². The van der Waals surface area contributed by atoms with Crippen LogP contribution in [-0.2, 0) is 9.59 Å². The minimum Gasteiger partial charge on any atom is -0.481 e. The fourth-order valence-corrected chi connectivity index (χ4v) is 2.56. The van der Waals surface area contributed by atoms with Crippen molar-refractivity contribution >= 4 is 11.9 Å². The van der Waals surface area contributed by atoms with E-state index in [1.54, 1.807) is 0 Å². The van der Waals surface area contributed by atoms with Crippen molar-refractivity contribution in [1.29, 1.82) is 0 Å². The van der Waals surface area contributed by atoms with E-state index in [1.807, 2.05) is 13.8 Å². The number of hydrogen-bond donors (Lipinski definition) is 2. The summed E-state index contributed by atoms with van der Waals surface area (Å²) in [6.45, 7) is 3.77. The zero-order valence-corrected chi connectivity index (χ0v) is 11.5. The van der Waals surface area contributed by atoms with Gasteiger partial charge < -0.3 is 10.4 Å². The molecule has 0 spiro atoms. The van der Waals surface area contributed by atoms with Crippen LogP contribution in [-0.4, -0.2) is 22.5 Å². The Morgan fingerprint density at radius 1 is 1.22 bits per heavy atom. The van der Waals surface area contributed by atoms with E-state index in [4.69, 9.17) is 5.11 Å². The molecular weight excluding hydrogens is 230 g/mol. The van der Waals surface area contributed by atoms with Crippen LogP contribution < -0.4 is 5.32 Å². The van der Waals surface area contributed by atoms with E-state index >= 15 is 0 Å². The Kier molecular flexibility index (Phi) is 5.63. The first kappa shape index (κ1) is 15.0. The molecule has 2 N–H and O–H groups in total. The number of carbonyl (C=O) groups excluding carboxylic acids is 1. The number of carbonyl (C=O) groups is 2. The van der Waals surface area contributed by atoms with Crippen molar-refractivity contribution in [3.05, 3.63) is 0 Å². The van der Waals surface area contributed by atoms with E-state index in [2.05, 4.69) is 5.32 Å². The maximum atomic E-state index is 11.9. The number of aliphatic carboxylic acids is 1. The highest BCUT2D eigenvalue weighted by atomic mass is 16.4. The average Bonchev–Trinajstić information content (AvgIpc) is 2.27. The summed E-state index contributed by atoms with van der Waals surface area (Å²) in [5.41, 5.74) is -0.426. The minimum atomic E-state index is -0.815. The van der Waals surface area contributed by atoms with Gasteiger partial charge in [-0.1, -0.05) is 19.3 Å². The number of rotatable bonds is 6. The zero-order chi connectivity index (χ0) is 13.6. The molecule has 0 atom stereocenters. The quantitative estimate of drug-likeness (QED) is 0.767. The molecule has 0 saturated heterocycles. The van der Waals surface area contributed by atoms with Crippen molar-refractivity contribution < 1.29 is 14.7 Å². The third-order valence-corrected chi connectivity index (χ3v) is 3.64. The summed E-state index contributed by atoms with van der Waals surface area (Å²) in [6, 6.07) is 0. The van der Waals surface area contributed by atoms with Crippen molar-refractivity contribution in [1.82, 2.24) is 5.32 Å². The molecule has 4 heteroatoms. The Morgan fingerprint density at radius 2 is 1.83 bits per heavy atom. The molecular formula is C14H25NO3. The molecule has 1 amide bonds. The van der Waals surface area contributed by atoms with Gasteiger partial charge in [0.15, 0.2) is 0 Å². The van der Waals surface area contributed by atoms with Crippen LogP contribution in [0.2, 0.25) is 0 Å². The number of carboxylic acids is 1. The summed E-state index contributed by atoms with van der Waals surface area (Å²) in [5.74, 6) is -0.226. The van der Waals surface area contributed by atoms with E-state index < -0.39 is 11.5 Å². The van der Waals surface area contributed by atoms with Gasteiger partial charge in [-0.25, -0.2) is 0 Å². The molecule has 0 aliphatic heterocycles. The number of hydrogen-bond acceptors (Lipinski definition) is 2. The van der Waals surface area contributed by atoms with E-state index in [9.17, 15) is 9.59 Å². The van der Waals surface area contributed by atoms with Crippen LogP contribution in [0.5, 0.6) is 0 Å². The molecule has 1 aliphatic rings. The third-order valence-electron chi connectivity index (χ3n) is 3.64. The molecule has 1 aliphatic carbocycles. The molecule has 0 bridgehead atoms. The first-order valence-corrected chi connectivity index (χ1v) is 6.92. The van der Waals surface area contributed by atoms with Crippen LogP contribution in [0.4, 0.5) is 0 Å². The van der Waals surface area contributed by atoms with Gasteiger partial charge >= 0.3 is 5.97 Å². The summed E-state index contributed by atoms with van der Waals surface area (Å²) in [7, 11) is 0. The van der Waals surface area contributed by atoms with Crippen LogP contribution >= 0.6 is 0 Å². The second-order valence-electron chi connectivity index (χ2n) is 6.03. The number of carboxylic acid groups (broad SMARTS) is 1.